The maximum atomic E-state index is 13.0. The normalized spacial score (nSPS) is 32.1. The predicted octanol–water partition coefficient (Wildman–Crippen LogP) is 5.48. The number of ether oxygens (including phenoxy) is 1. The SMILES string of the molecule is CC(C)(C)N(Cc1ccccc1)C(=O)COC(=O)CC12C[C@H]3C[C@@H](CC(Br)(C3)C1)C2. The van der Waals surface area contributed by atoms with Crippen LogP contribution in [0.5, 0.6) is 0 Å². The zero-order chi connectivity index (χ0) is 21.6. The molecule has 30 heavy (non-hydrogen) atoms. The fraction of sp³-hybridized carbons (Fsp3) is 0.680. The molecule has 1 aromatic rings. The fourth-order valence-corrected chi connectivity index (χ4v) is 8.10. The average Bonchev–Trinajstić information content (AvgIpc) is 2.61. The summed E-state index contributed by atoms with van der Waals surface area (Å²) in [5.74, 6) is 1.13. The molecule has 0 unspecified atom stereocenters. The summed E-state index contributed by atoms with van der Waals surface area (Å²) in [4.78, 5) is 27.5. The maximum absolute atomic E-state index is 13.0. The second-order valence-electron chi connectivity index (χ2n) is 11.1. The first kappa shape index (κ1) is 21.9. The lowest BCUT2D eigenvalue weighted by atomic mass is 9.49. The second kappa shape index (κ2) is 7.96. The van der Waals surface area contributed by atoms with Gasteiger partial charge in [0.25, 0.3) is 5.91 Å². The topological polar surface area (TPSA) is 46.6 Å². The molecular formula is C25H34BrNO3. The lowest BCUT2D eigenvalue weighted by molar-refractivity contribution is -0.159. The van der Waals surface area contributed by atoms with Crippen molar-refractivity contribution in [3.05, 3.63) is 35.9 Å². The van der Waals surface area contributed by atoms with E-state index in [2.05, 4.69) is 15.9 Å². The molecule has 1 amide bonds. The van der Waals surface area contributed by atoms with Gasteiger partial charge in [0.2, 0.25) is 0 Å². The lowest BCUT2D eigenvalue weighted by Gasteiger charge is -2.60. The van der Waals surface area contributed by atoms with Crippen LogP contribution in [-0.2, 0) is 20.9 Å². The summed E-state index contributed by atoms with van der Waals surface area (Å²) < 4.78 is 5.77. The van der Waals surface area contributed by atoms with Gasteiger partial charge in [0.05, 0.1) is 6.42 Å². The van der Waals surface area contributed by atoms with Crippen molar-refractivity contribution in [1.29, 1.82) is 0 Å². The van der Waals surface area contributed by atoms with E-state index in [0.29, 0.717) is 13.0 Å². The maximum Gasteiger partial charge on any atom is 0.306 e. The van der Waals surface area contributed by atoms with E-state index >= 15 is 0 Å². The quantitative estimate of drug-likeness (QED) is 0.404. The van der Waals surface area contributed by atoms with Crippen molar-refractivity contribution >= 4 is 27.8 Å². The minimum absolute atomic E-state index is 0.0709. The van der Waals surface area contributed by atoms with Crippen LogP contribution in [-0.4, -0.2) is 33.2 Å². The van der Waals surface area contributed by atoms with Crippen molar-refractivity contribution in [3.63, 3.8) is 0 Å². The van der Waals surface area contributed by atoms with E-state index in [0.717, 1.165) is 36.7 Å². The Kier molecular flexibility index (Phi) is 5.80. The van der Waals surface area contributed by atoms with Crippen LogP contribution in [0.1, 0.15) is 71.3 Å². The van der Waals surface area contributed by atoms with Gasteiger partial charge < -0.3 is 9.64 Å². The van der Waals surface area contributed by atoms with E-state index in [1.807, 2.05) is 51.1 Å². The molecule has 1 aromatic carbocycles. The van der Waals surface area contributed by atoms with E-state index in [1.165, 1.54) is 19.3 Å². The standard InChI is InChI=1S/C25H34BrNO3/c1-23(2,3)27(15-18-7-5-4-6-8-18)21(28)16-30-22(29)14-24-10-19-9-20(11-24)13-25(26,12-19)17-24/h4-8,19-20H,9-17H2,1-3H3/t19-,20-,24?,25?/m1/s1. The Morgan fingerprint density at radius 3 is 2.30 bits per heavy atom. The van der Waals surface area contributed by atoms with Gasteiger partial charge in [-0.15, -0.1) is 0 Å². The van der Waals surface area contributed by atoms with E-state index in [9.17, 15) is 9.59 Å². The van der Waals surface area contributed by atoms with Crippen molar-refractivity contribution in [2.45, 2.75) is 82.1 Å². The zero-order valence-electron chi connectivity index (χ0n) is 18.5. The highest BCUT2D eigenvalue weighted by Gasteiger charge is 2.57. The Morgan fingerprint density at radius 2 is 1.73 bits per heavy atom. The van der Waals surface area contributed by atoms with Gasteiger partial charge in [-0.3, -0.25) is 9.59 Å². The fourth-order valence-electron chi connectivity index (χ4n) is 6.59. The predicted molar refractivity (Wildman–Crippen MR) is 121 cm³/mol. The molecule has 5 heteroatoms. The number of carbonyl (C=O) groups is 2. The van der Waals surface area contributed by atoms with Gasteiger partial charge in [-0.2, -0.15) is 0 Å². The van der Waals surface area contributed by atoms with Crippen LogP contribution in [0.4, 0.5) is 0 Å². The van der Waals surface area contributed by atoms with Gasteiger partial charge in [0.1, 0.15) is 0 Å². The van der Waals surface area contributed by atoms with Crippen LogP contribution in [0, 0.1) is 17.3 Å². The van der Waals surface area contributed by atoms with E-state index < -0.39 is 0 Å². The largest absolute Gasteiger partial charge is 0.456 e. The summed E-state index contributed by atoms with van der Waals surface area (Å²) in [5.41, 5.74) is 0.798. The molecule has 4 bridgehead atoms. The number of hydrogen-bond donors (Lipinski definition) is 0. The summed E-state index contributed by atoms with van der Waals surface area (Å²) in [6.45, 7) is 6.38. The number of hydrogen-bond acceptors (Lipinski definition) is 3. The highest BCUT2D eigenvalue weighted by molar-refractivity contribution is 9.10. The molecule has 0 aromatic heterocycles. The third-order valence-corrected chi connectivity index (χ3v) is 8.21. The molecule has 0 saturated heterocycles. The van der Waals surface area contributed by atoms with Gasteiger partial charge in [-0.1, -0.05) is 46.3 Å². The van der Waals surface area contributed by atoms with E-state index in [-0.39, 0.29) is 33.8 Å². The lowest BCUT2D eigenvalue weighted by Crippen LogP contribution is -2.53. The smallest absolute Gasteiger partial charge is 0.306 e. The highest BCUT2D eigenvalue weighted by atomic mass is 79.9. The van der Waals surface area contributed by atoms with Gasteiger partial charge in [-0.25, -0.2) is 0 Å². The third-order valence-electron chi connectivity index (χ3n) is 7.28. The Balaban J connectivity index is 1.35. The Hall–Kier alpha value is -1.36. The summed E-state index contributed by atoms with van der Waals surface area (Å²) in [6.07, 6.45) is 7.62. The summed E-state index contributed by atoms with van der Waals surface area (Å²) >= 11 is 4.00. The van der Waals surface area contributed by atoms with Crippen LogP contribution in [0.25, 0.3) is 0 Å². The molecule has 0 spiro atoms. The average molecular weight is 476 g/mol. The van der Waals surface area contributed by atoms with Crippen LogP contribution < -0.4 is 0 Å². The molecule has 4 aliphatic carbocycles. The molecule has 4 saturated carbocycles. The molecule has 2 atom stereocenters. The second-order valence-corrected chi connectivity index (χ2v) is 12.8. The van der Waals surface area contributed by atoms with Gasteiger partial charge >= 0.3 is 5.97 Å². The Morgan fingerprint density at radius 1 is 1.10 bits per heavy atom. The van der Waals surface area contributed by atoms with Gasteiger partial charge in [0.15, 0.2) is 6.61 Å². The molecule has 5 rings (SSSR count). The van der Waals surface area contributed by atoms with E-state index in [1.54, 1.807) is 4.90 Å². The number of nitrogens with zero attached hydrogens (tertiary/aromatic N) is 1. The van der Waals surface area contributed by atoms with Crippen molar-refractivity contribution in [3.8, 4) is 0 Å². The minimum atomic E-state index is -0.346. The van der Waals surface area contributed by atoms with E-state index in [4.69, 9.17) is 4.74 Å². The number of alkyl halides is 1. The van der Waals surface area contributed by atoms with Crippen LogP contribution in [0.2, 0.25) is 0 Å². The Bertz CT molecular complexity index is 786. The molecule has 4 nitrogen and oxygen atoms in total. The summed E-state index contributed by atoms with van der Waals surface area (Å²) in [7, 11) is 0. The van der Waals surface area contributed by atoms with Gasteiger partial charge in [0, 0.05) is 16.4 Å². The number of halogens is 1. The first-order valence-corrected chi connectivity index (χ1v) is 12.0. The monoisotopic (exact) mass is 475 g/mol. The van der Waals surface area contributed by atoms with Crippen molar-refractivity contribution in [2.75, 3.05) is 6.61 Å². The Labute approximate surface area is 188 Å². The van der Waals surface area contributed by atoms with Crippen LogP contribution in [0.3, 0.4) is 0 Å². The molecular weight excluding hydrogens is 442 g/mol. The number of esters is 1. The number of carbonyl (C=O) groups excluding carboxylic acids is 2. The van der Waals surface area contributed by atoms with Crippen LogP contribution >= 0.6 is 15.9 Å². The van der Waals surface area contributed by atoms with Crippen molar-refractivity contribution < 1.29 is 14.3 Å². The van der Waals surface area contributed by atoms with Crippen molar-refractivity contribution in [1.82, 2.24) is 4.90 Å². The molecule has 0 aliphatic heterocycles. The number of rotatable bonds is 6. The minimum Gasteiger partial charge on any atom is -0.456 e. The molecule has 0 N–H and O–H groups in total. The molecule has 0 heterocycles. The molecule has 4 fully saturated rings. The van der Waals surface area contributed by atoms with Crippen LogP contribution in [0.15, 0.2) is 30.3 Å². The number of benzene rings is 1. The molecule has 0 radical (unpaired) electrons. The van der Waals surface area contributed by atoms with Crippen molar-refractivity contribution in [2.24, 2.45) is 17.3 Å². The first-order valence-electron chi connectivity index (χ1n) is 11.2. The summed E-state index contributed by atoms with van der Waals surface area (Å²) in [6, 6.07) is 9.95. The highest BCUT2D eigenvalue weighted by Crippen LogP contribution is 2.65. The summed E-state index contributed by atoms with van der Waals surface area (Å²) in [5, 5.41) is 0. The zero-order valence-corrected chi connectivity index (χ0v) is 20.0. The molecule has 164 valence electrons. The third kappa shape index (κ3) is 4.76. The molecule has 4 aliphatic rings. The first-order chi connectivity index (χ1) is 14.1. The van der Waals surface area contributed by atoms with Gasteiger partial charge in [-0.05, 0) is 82.1 Å². The number of amides is 1.